The normalized spacial score (nSPS) is 30.7. The largest absolute Gasteiger partial charge is 0.373 e. The van der Waals surface area contributed by atoms with Crippen LogP contribution in [0.1, 0.15) is 31.2 Å². The van der Waals surface area contributed by atoms with Gasteiger partial charge in [-0.2, -0.15) is 0 Å². The maximum atomic E-state index is 13.1. The first-order valence-electron chi connectivity index (χ1n) is 6.52. The van der Waals surface area contributed by atoms with E-state index < -0.39 is 0 Å². The van der Waals surface area contributed by atoms with Crippen LogP contribution in [-0.2, 0) is 11.3 Å². The van der Waals surface area contributed by atoms with E-state index in [0.717, 1.165) is 18.4 Å². The number of fused-ring (bicyclic) bond motifs is 2. The lowest BCUT2D eigenvalue weighted by Crippen LogP contribution is -2.41. The van der Waals surface area contributed by atoms with Crippen LogP contribution in [0.5, 0.6) is 0 Å². The van der Waals surface area contributed by atoms with E-state index in [0.29, 0.717) is 29.3 Å². The molecular weight excluding hydrogens is 297 g/mol. The summed E-state index contributed by atoms with van der Waals surface area (Å²) in [5.41, 5.74) is 1.02. The number of ether oxygens (including phenoxy) is 1. The second kappa shape index (κ2) is 5.27. The summed E-state index contributed by atoms with van der Waals surface area (Å²) in [6, 6.07) is 6.36. The molecule has 2 saturated heterocycles. The zero-order valence-electron chi connectivity index (χ0n) is 10.2. The van der Waals surface area contributed by atoms with Gasteiger partial charge in [-0.3, -0.25) is 0 Å². The first-order valence-corrected chi connectivity index (χ1v) is 7.31. The molecule has 1 aromatic carbocycles. The molecule has 2 bridgehead atoms. The van der Waals surface area contributed by atoms with Crippen LogP contribution in [0.15, 0.2) is 22.7 Å². The van der Waals surface area contributed by atoms with Crippen LogP contribution in [0.3, 0.4) is 0 Å². The van der Waals surface area contributed by atoms with Crippen molar-refractivity contribution < 1.29 is 9.13 Å². The number of hydrogen-bond acceptors (Lipinski definition) is 2. The van der Waals surface area contributed by atoms with Gasteiger partial charge < -0.3 is 10.1 Å². The summed E-state index contributed by atoms with van der Waals surface area (Å²) in [6.07, 6.45) is 5.14. The van der Waals surface area contributed by atoms with Crippen molar-refractivity contribution in [1.82, 2.24) is 5.32 Å². The Morgan fingerprint density at radius 3 is 2.67 bits per heavy atom. The number of hydrogen-bond donors (Lipinski definition) is 1. The summed E-state index contributed by atoms with van der Waals surface area (Å²) < 4.78 is 19.6. The molecule has 2 unspecified atom stereocenters. The lowest BCUT2D eigenvalue weighted by molar-refractivity contribution is 0.00913. The Morgan fingerprint density at radius 2 is 2.00 bits per heavy atom. The monoisotopic (exact) mass is 313 g/mol. The molecule has 18 heavy (non-hydrogen) atoms. The third-order valence-electron chi connectivity index (χ3n) is 3.90. The van der Waals surface area contributed by atoms with Gasteiger partial charge in [-0.1, -0.05) is 6.07 Å². The fourth-order valence-corrected chi connectivity index (χ4v) is 3.41. The van der Waals surface area contributed by atoms with Gasteiger partial charge >= 0.3 is 0 Å². The molecule has 2 atom stereocenters. The molecule has 0 aliphatic carbocycles. The molecule has 2 heterocycles. The Labute approximate surface area is 115 Å². The Hall–Kier alpha value is -0.450. The van der Waals surface area contributed by atoms with Crippen molar-refractivity contribution in [2.45, 2.75) is 50.5 Å². The third kappa shape index (κ3) is 2.76. The molecule has 0 amide bonds. The molecule has 2 aliphatic heterocycles. The maximum absolute atomic E-state index is 13.1. The molecule has 1 aromatic rings. The van der Waals surface area contributed by atoms with Crippen LogP contribution in [-0.4, -0.2) is 18.2 Å². The first-order chi connectivity index (χ1) is 8.70. The van der Waals surface area contributed by atoms with Gasteiger partial charge in [0.15, 0.2) is 0 Å². The van der Waals surface area contributed by atoms with Crippen molar-refractivity contribution in [3.05, 3.63) is 34.1 Å². The van der Waals surface area contributed by atoms with Crippen molar-refractivity contribution in [3.63, 3.8) is 0 Å². The van der Waals surface area contributed by atoms with E-state index in [1.807, 2.05) is 0 Å². The van der Waals surface area contributed by atoms with E-state index in [-0.39, 0.29) is 5.82 Å². The van der Waals surface area contributed by atoms with E-state index in [1.54, 1.807) is 12.1 Å². The van der Waals surface area contributed by atoms with Crippen molar-refractivity contribution in [2.75, 3.05) is 0 Å². The van der Waals surface area contributed by atoms with Gasteiger partial charge in [0.2, 0.25) is 0 Å². The molecule has 2 fully saturated rings. The van der Waals surface area contributed by atoms with Crippen molar-refractivity contribution in [2.24, 2.45) is 0 Å². The van der Waals surface area contributed by atoms with E-state index in [2.05, 4.69) is 21.2 Å². The summed E-state index contributed by atoms with van der Waals surface area (Å²) in [4.78, 5) is 0. The smallest absolute Gasteiger partial charge is 0.137 e. The minimum Gasteiger partial charge on any atom is -0.373 e. The number of nitrogens with one attached hydrogen (secondary N) is 1. The number of halogens is 2. The fourth-order valence-electron chi connectivity index (χ4n) is 2.98. The lowest BCUT2D eigenvalue weighted by atomic mass is 10.0. The topological polar surface area (TPSA) is 21.3 Å². The average molecular weight is 314 g/mol. The molecular formula is C14H17BrFNO. The van der Waals surface area contributed by atoms with E-state index in [1.165, 1.54) is 18.9 Å². The Bertz CT molecular complexity index is 428. The van der Waals surface area contributed by atoms with Crippen LogP contribution in [0.2, 0.25) is 0 Å². The number of piperidine rings is 1. The standard InChI is InChI=1S/C14H17BrFNO/c15-13-5-9(1-4-14(13)16)8-18-12-6-10-2-3-11(7-12)17-10/h1,4-5,10-12,17H,2-3,6-8H2. The molecule has 0 radical (unpaired) electrons. The molecule has 0 saturated carbocycles. The summed E-state index contributed by atoms with van der Waals surface area (Å²) in [6.45, 7) is 0.572. The average Bonchev–Trinajstić information content (AvgIpc) is 2.70. The van der Waals surface area contributed by atoms with Crippen LogP contribution in [0.4, 0.5) is 4.39 Å². The first kappa shape index (κ1) is 12.6. The highest BCUT2D eigenvalue weighted by molar-refractivity contribution is 9.10. The van der Waals surface area contributed by atoms with Gasteiger partial charge in [0.1, 0.15) is 5.82 Å². The summed E-state index contributed by atoms with van der Waals surface area (Å²) in [7, 11) is 0. The predicted molar refractivity (Wildman–Crippen MR) is 71.9 cm³/mol. The van der Waals surface area contributed by atoms with Gasteiger partial charge in [-0.25, -0.2) is 4.39 Å². The Morgan fingerprint density at radius 1 is 1.28 bits per heavy atom. The van der Waals surface area contributed by atoms with Crippen LogP contribution in [0, 0.1) is 5.82 Å². The fraction of sp³-hybridized carbons (Fsp3) is 0.571. The van der Waals surface area contributed by atoms with Crippen molar-refractivity contribution in [1.29, 1.82) is 0 Å². The highest BCUT2D eigenvalue weighted by Gasteiger charge is 2.33. The molecule has 3 rings (SSSR count). The highest BCUT2D eigenvalue weighted by Crippen LogP contribution is 2.29. The van der Waals surface area contributed by atoms with E-state index in [4.69, 9.17) is 4.74 Å². The van der Waals surface area contributed by atoms with Crippen molar-refractivity contribution in [3.8, 4) is 0 Å². The minimum absolute atomic E-state index is 0.223. The third-order valence-corrected chi connectivity index (χ3v) is 4.51. The zero-order valence-corrected chi connectivity index (χ0v) is 11.7. The molecule has 2 aliphatic rings. The maximum Gasteiger partial charge on any atom is 0.137 e. The van der Waals surface area contributed by atoms with Gasteiger partial charge in [0.25, 0.3) is 0 Å². The van der Waals surface area contributed by atoms with Crippen LogP contribution in [0.25, 0.3) is 0 Å². The van der Waals surface area contributed by atoms with E-state index >= 15 is 0 Å². The molecule has 98 valence electrons. The highest BCUT2D eigenvalue weighted by atomic mass is 79.9. The van der Waals surface area contributed by atoms with Gasteiger partial charge in [0, 0.05) is 12.1 Å². The van der Waals surface area contributed by atoms with Gasteiger partial charge in [-0.15, -0.1) is 0 Å². The molecule has 4 heteroatoms. The predicted octanol–water partition coefficient (Wildman–Crippen LogP) is 3.39. The van der Waals surface area contributed by atoms with Gasteiger partial charge in [0.05, 0.1) is 17.2 Å². The van der Waals surface area contributed by atoms with Gasteiger partial charge in [-0.05, 0) is 59.3 Å². The quantitative estimate of drug-likeness (QED) is 0.923. The summed E-state index contributed by atoms with van der Waals surface area (Å²) in [5.74, 6) is -0.223. The number of rotatable bonds is 3. The second-order valence-electron chi connectivity index (χ2n) is 5.29. The Kier molecular flexibility index (Phi) is 3.68. The molecule has 1 N–H and O–H groups in total. The number of benzene rings is 1. The van der Waals surface area contributed by atoms with Crippen LogP contribution >= 0.6 is 15.9 Å². The second-order valence-corrected chi connectivity index (χ2v) is 6.15. The molecule has 2 nitrogen and oxygen atoms in total. The molecule has 0 aromatic heterocycles. The SMILES string of the molecule is Fc1ccc(COC2CC3CCC(C2)N3)cc1Br. The van der Waals surface area contributed by atoms with E-state index in [9.17, 15) is 4.39 Å². The zero-order chi connectivity index (χ0) is 12.5. The Balaban J connectivity index is 1.56. The molecule has 0 spiro atoms. The van der Waals surface area contributed by atoms with Crippen LogP contribution < -0.4 is 5.32 Å². The lowest BCUT2D eigenvalue weighted by Gasteiger charge is -2.29. The summed E-state index contributed by atoms with van der Waals surface area (Å²) >= 11 is 3.20. The van der Waals surface area contributed by atoms with Crippen molar-refractivity contribution >= 4 is 15.9 Å². The summed E-state index contributed by atoms with van der Waals surface area (Å²) in [5, 5.41) is 3.60. The minimum atomic E-state index is -0.223.